The maximum Gasteiger partial charge on any atom is 0.167 e. The van der Waals surface area contributed by atoms with Gasteiger partial charge < -0.3 is 24.7 Å². The van der Waals surface area contributed by atoms with E-state index in [4.69, 9.17) is 9.26 Å². The van der Waals surface area contributed by atoms with Crippen LogP contribution in [-0.4, -0.2) is 40.1 Å². The quantitative estimate of drug-likeness (QED) is 0.422. The summed E-state index contributed by atoms with van der Waals surface area (Å²) in [6, 6.07) is 20.2. The summed E-state index contributed by atoms with van der Waals surface area (Å²) in [6.45, 7) is 1.33. The highest BCUT2D eigenvalue weighted by molar-refractivity contribution is 5.82. The number of nitrogens with zero attached hydrogens (tertiary/aromatic N) is 1. The van der Waals surface area contributed by atoms with Gasteiger partial charge in [0.1, 0.15) is 0 Å². The van der Waals surface area contributed by atoms with Gasteiger partial charge in [0.2, 0.25) is 0 Å². The average molecular weight is 418 g/mol. The molecule has 1 aliphatic heterocycles. The van der Waals surface area contributed by atoms with Crippen LogP contribution >= 0.6 is 0 Å². The van der Waals surface area contributed by atoms with Gasteiger partial charge in [0.15, 0.2) is 5.76 Å². The summed E-state index contributed by atoms with van der Waals surface area (Å²) >= 11 is 0. The van der Waals surface area contributed by atoms with E-state index in [0.29, 0.717) is 13.0 Å². The Morgan fingerprint density at radius 2 is 1.90 bits per heavy atom. The van der Waals surface area contributed by atoms with Crippen LogP contribution in [0.1, 0.15) is 24.1 Å². The highest BCUT2D eigenvalue weighted by Gasteiger charge is 2.30. The Bertz CT molecular complexity index is 1120. The molecule has 0 unspecified atom stereocenters. The van der Waals surface area contributed by atoms with E-state index in [0.717, 1.165) is 41.9 Å². The van der Waals surface area contributed by atoms with Gasteiger partial charge in [-0.3, -0.25) is 0 Å². The number of para-hydroxylation sites is 1. The Morgan fingerprint density at radius 1 is 1.06 bits per heavy atom. The van der Waals surface area contributed by atoms with Crippen molar-refractivity contribution in [3.05, 3.63) is 78.1 Å². The first-order valence-electron chi connectivity index (χ1n) is 10.9. The van der Waals surface area contributed by atoms with Crippen LogP contribution in [0.2, 0.25) is 0 Å². The molecule has 3 N–H and O–H groups in total. The Kier molecular flexibility index (Phi) is 5.84. The topological polar surface area (TPSA) is 83.3 Å². The predicted octanol–water partition coefficient (Wildman–Crippen LogP) is 4.06. The fourth-order valence-electron chi connectivity index (χ4n) is 4.29. The molecule has 31 heavy (non-hydrogen) atoms. The lowest BCUT2D eigenvalue weighted by atomic mass is 9.98. The van der Waals surface area contributed by atoms with Crippen LogP contribution in [0.4, 0.5) is 0 Å². The summed E-state index contributed by atoms with van der Waals surface area (Å²) in [5.41, 5.74) is 4.25. The van der Waals surface area contributed by atoms with Crippen LogP contribution in [0.15, 0.2) is 71.4 Å². The van der Waals surface area contributed by atoms with E-state index >= 15 is 0 Å². The fraction of sp³-hybridized carbons (Fsp3) is 0.320. The summed E-state index contributed by atoms with van der Waals surface area (Å²) < 4.78 is 11.7. The second kappa shape index (κ2) is 9.06. The summed E-state index contributed by atoms with van der Waals surface area (Å²) in [5, 5.41) is 19.3. The van der Waals surface area contributed by atoms with Gasteiger partial charge >= 0.3 is 0 Å². The van der Waals surface area contributed by atoms with Gasteiger partial charge in [0.25, 0.3) is 0 Å². The molecule has 0 amide bonds. The van der Waals surface area contributed by atoms with Gasteiger partial charge in [-0.1, -0.05) is 53.7 Å². The largest absolute Gasteiger partial charge is 0.390 e. The molecule has 2 aromatic carbocycles. The first-order valence-corrected chi connectivity index (χ1v) is 10.9. The molecule has 6 nitrogen and oxygen atoms in total. The molecular weight excluding hydrogens is 390 g/mol. The molecule has 0 bridgehead atoms. The molecule has 5 rings (SSSR count). The van der Waals surface area contributed by atoms with E-state index in [-0.39, 0.29) is 12.2 Å². The second-order valence-corrected chi connectivity index (χ2v) is 8.18. The molecule has 160 valence electrons. The van der Waals surface area contributed by atoms with Crippen molar-refractivity contribution in [1.29, 1.82) is 0 Å². The zero-order valence-corrected chi connectivity index (χ0v) is 17.3. The highest BCUT2D eigenvalue weighted by atomic mass is 16.5. The first-order chi connectivity index (χ1) is 15.3. The maximum absolute atomic E-state index is 10.4. The van der Waals surface area contributed by atoms with Crippen molar-refractivity contribution in [3.8, 4) is 11.3 Å². The highest BCUT2D eigenvalue weighted by Crippen LogP contribution is 2.25. The summed E-state index contributed by atoms with van der Waals surface area (Å²) in [5.74, 6) is 0.767. The number of aliphatic hydroxyl groups excluding tert-OH is 1. The molecule has 4 aromatic rings. The Morgan fingerprint density at radius 3 is 2.81 bits per heavy atom. The van der Waals surface area contributed by atoms with E-state index in [2.05, 4.69) is 27.6 Å². The molecule has 1 fully saturated rings. The number of fused-ring (bicyclic) bond motifs is 1. The molecule has 0 saturated carbocycles. The summed E-state index contributed by atoms with van der Waals surface area (Å²) in [6.07, 6.45) is 3.60. The predicted molar refractivity (Wildman–Crippen MR) is 120 cm³/mol. The van der Waals surface area contributed by atoms with Crippen molar-refractivity contribution in [2.45, 2.75) is 44.1 Å². The number of nitrogens with one attached hydrogen (secondary N) is 2. The molecule has 0 spiro atoms. The maximum atomic E-state index is 10.4. The van der Waals surface area contributed by atoms with Crippen molar-refractivity contribution in [2.75, 3.05) is 6.54 Å². The average Bonchev–Trinajstić information content (AvgIpc) is 3.44. The van der Waals surface area contributed by atoms with Gasteiger partial charge in [-0.2, -0.15) is 0 Å². The van der Waals surface area contributed by atoms with E-state index in [9.17, 15) is 5.11 Å². The van der Waals surface area contributed by atoms with Crippen LogP contribution in [-0.2, 0) is 17.7 Å². The van der Waals surface area contributed by atoms with E-state index in [1.807, 2.05) is 54.7 Å². The fourth-order valence-corrected chi connectivity index (χ4v) is 4.29. The van der Waals surface area contributed by atoms with Crippen molar-refractivity contribution < 1.29 is 14.4 Å². The van der Waals surface area contributed by atoms with Crippen molar-refractivity contribution in [3.63, 3.8) is 0 Å². The number of ether oxygens (including phenoxy) is 1. The number of benzene rings is 2. The minimum absolute atomic E-state index is 0.0250. The Balaban J connectivity index is 1.16. The standard InChI is InChI=1S/C25H27N3O3/c29-23-11-10-20(12-19-13-24(31-28-19)17-6-2-1-3-7-17)30-25(23)16-26-14-18-15-27-22-9-5-4-8-21(18)22/h1-9,13,15,20,23,25-27,29H,10-12,14,16H2/t20-,23-,25+/m0/s1. The Hall–Kier alpha value is -2.93. The zero-order chi connectivity index (χ0) is 21.0. The SMILES string of the molecule is O[C@H]1CC[C@@H](Cc2cc(-c3ccccc3)on2)O[C@@H]1CNCc1c[nH]c2ccccc12. The smallest absolute Gasteiger partial charge is 0.167 e. The molecule has 0 radical (unpaired) electrons. The van der Waals surface area contributed by atoms with Gasteiger partial charge in [0.05, 0.1) is 24.0 Å². The molecule has 0 aliphatic carbocycles. The first kappa shape index (κ1) is 20.0. The number of rotatable bonds is 7. The zero-order valence-electron chi connectivity index (χ0n) is 17.3. The minimum atomic E-state index is -0.455. The summed E-state index contributed by atoms with van der Waals surface area (Å²) in [4.78, 5) is 3.30. The number of aliphatic hydroxyl groups is 1. The monoisotopic (exact) mass is 417 g/mol. The van der Waals surface area contributed by atoms with Crippen molar-refractivity contribution in [1.82, 2.24) is 15.5 Å². The lowest BCUT2D eigenvalue weighted by Crippen LogP contribution is -2.45. The third-order valence-corrected chi connectivity index (χ3v) is 5.97. The number of hydrogen-bond acceptors (Lipinski definition) is 5. The van der Waals surface area contributed by atoms with Crippen LogP contribution in [0.25, 0.3) is 22.2 Å². The van der Waals surface area contributed by atoms with Crippen LogP contribution in [0.5, 0.6) is 0 Å². The van der Waals surface area contributed by atoms with Crippen LogP contribution < -0.4 is 5.32 Å². The third-order valence-electron chi connectivity index (χ3n) is 5.97. The lowest BCUT2D eigenvalue weighted by Gasteiger charge is -2.34. The molecule has 3 heterocycles. The van der Waals surface area contributed by atoms with Gasteiger partial charge in [0, 0.05) is 48.2 Å². The van der Waals surface area contributed by atoms with Gasteiger partial charge in [-0.25, -0.2) is 0 Å². The van der Waals surface area contributed by atoms with Crippen molar-refractivity contribution >= 4 is 10.9 Å². The van der Waals surface area contributed by atoms with Crippen molar-refractivity contribution in [2.24, 2.45) is 0 Å². The van der Waals surface area contributed by atoms with E-state index in [1.54, 1.807) is 0 Å². The minimum Gasteiger partial charge on any atom is -0.390 e. The number of aromatic amines is 1. The number of H-pyrrole nitrogens is 1. The number of aromatic nitrogens is 2. The van der Waals surface area contributed by atoms with Crippen LogP contribution in [0, 0.1) is 0 Å². The molecular formula is C25H27N3O3. The van der Waals surface area contributed by atoms with E-state index in [1.165, 1.54) is 10.9 Å². The van der Waals surface area contributed by atoms with Gasteiger partial charge in [-0.15, -0.1) is 0 Å². The molecule has 2 aromatic heterocycles. The van der Waals surface area contributed by atoms with E-state index < -0.39 is 6.10 Å². The second-order valence-electron chi connectivity index (χ2n) is 8.18. The molecule has 1 saturated heterocycles. The Labute approximate surface area is 181 Å². The lowest BCUT2D eigenvalue weighted by molar-refractivity contribution is -0.115. The molecule has 6 heteroatoms. The van der Waals surface area contributed by atoms with Gasteiger partial charge in [-0.05, 0) is 24.5 Å². The molecule has 3 atom stereocenters. The number of hydrogen-bond donors (Lipinski definition) is 3. The third kappa shape index (κ3) is 4.56. The van der Waals surface area contributed by atoms with Crippen LogP contribution in [0.3, 0.4) is 0 Å². The normalized spacial score (nSPS) is 21.5. The summed E-state index contributed by atoms with van der Waals surface area (Å²) in [7, 11) is 0. The molecule has 1 aliphatic rings.